The lowest BCUT2D eigenvalue weighted by Gasteiger charge is -2.25. The molecule has 4 heteroatoms. The molecule has 1 saturated heterocycles. The van der Waals surface area contributed by atoms with E-state index in [4.69, 9.17) is 10.5 Å². The maximum atomic E-state index is 13.0. The van der Waals surface area contributed by atoms with Crippen molar-refractivity contribution >= 4 is 5.78 Å². The van der Waals surface area contributed by atoms with Gasteiger partial charge in [-0.15, -0.1) is 0 Å². The predicted octanol–water partition coefficient (Wildman–Crippen LogP) is 1.30. The number of nitrogens with two attached hydrogens (primary N) is 1. The van der Waals surface area contributed by atoms with E-state index in [1.54, 1.807) is 12.1 Å². The second kappa shape index (κ2) is 4.55. The van der Waals surface area contributed by atoms with Crippen LogP contribution in [0.5, 0.6) is 0 Å². The van der Waals surface area contributed by atoms with Crippen molar-refractivity contribution in [3.63, 3.8) is 0 Å². The summed E-state index contributed by atoms with van der Waals surface area (Å²) in [6.45, 7) is 2.57. The first-order valence-electron chi connectivity index (χ1n) is 5.63. The van der Waals surface area contributed by atoms with Gasteiger partial charge in [0.1, 0.15) is 11.6 Å². The Morgan fingerprint density at radius 2 is 2.41 bits per heavy atom. The molecule has 0 amide bonds. The lowest BCUT2D eigenvalue weighted by atomic mass is 9.79. The van der Waals surface area contributed by atoms with E-state index in [1.165, 1.54) is 12.1 Å². The van der Waals surface area contributed by atoms with Crippen molar-refractivity contribution in [2.75, 3.05) is 13.2 Å². The maximum absolute atomic E-state index is 13.0. The summed E-state index contributed by atoms with van der Waals surface area (Å²) in [6, 6.07) is 5.81. The molecule has 1 aromatic rings. The van der Waals surface area contributed by atoms with Crippen molar-refractivity contribution in [1.29, 1.82) is 0 Å². The zero-order valence-electron chi connectivity index (χ0n) is 9.78. The topological polar surface area (TPSA) is 52.3 Å². The van der Waals surface area contributed by atoms with Crippen molar-refractivity contribution < 1.29 is 13.9 Å². The summed E-state index contributed by atoms with van der Waals surface area (Å²) in [4.78, 5) is 12.2. The van der Waals surface area contributed by atoms with Gasteiger partial charge >= 0.3 is 0 Å². The molecule has 2 N–H and O–H groups in total. The molecule has 3 nitrogen and oxygen atoms in total. The highest BCUT2D eigenvalue weighted by molar-refractivity contribution is 5.87. The second-order valence-corrected chi connectivity index (χ2v) is 4.77. The Hall–Kier alpha value is -1.26. The lowest BCUT2D eigenvalue weighted by molar-refractivity contribution is -0.127. The number of ketones is 1. The molecule has 0 radical (unpaired) electrons. The third kappa shape index (κ3) is 2.37. The average Bonchev–Trinajstić information content (AvgIpc) is 2.60. The van der Waals surface area contributed by atoms with Gasteiger partial charge in [-0.2, -0.15) is 0 Å². The molecule has 1 fully saturated rings. The van der Waals surface area contributed by atoms with Gasteiger partial charge in [-0.25, -0.2) is 4.39 Å². The Morgan fingerprint density at radius 1 is 1.65 bits per heavy atom. The van der Waals surface area contributed by atoms with E-state index in [1.807, 2.05) is 6.92 Å². The van der Waals surface area contributed by atoms with Gasteiger partial charge in [-0.1, -0.05) is 12.1 Å². The maximum Gasteiger partial charge on any atom is 0.147 e. The smallest absolute Gasteiger partial charge is 0.147 e. The van der Waals surface area contributed by atoms with E-state index < -0.39 is 5.41 Å². The van der Waals surface area contributed by atoms with Crippen LogP contribution in [0.15, 0.2) is 24.3 Å². The first-order chi connectivity index (χ1) is 8.02. The molecule has 0 aromatic heterocycles. The number of halogens is 1. The van der Waals surface area contributed by atoms with Gasteiger partial charge < -0.3 is 10.5 Å². The van der Waals surface area contributed by atoms with Crippen LogP contribution in [-0.2, 0) is 16.0 Å². The highest BCUT2D eigenvalue weighted by atomic mass is 19.1. The molecular formula is C13H16FNO2. The Kier molecular flexibility index (Phi) is 3.26. The minimum Gasteiger partial charge on any atom is -0.379 e. The summed E-state index contributed by atoms with van der Waals surface area (Å²) in [7, 11) is 0. The summed E-state index contributed by atoms with van der Waals surface area (Å²) in [5.41, 5.74) is 5.91. The molecule has 0 saturated carbocycles. The molecule has 0 bridgehead atoms. The Bertz CT molecular complexity index is 435. The van der Waals surface area contributed by atoms with Gasteiger partial charge in [0.25, 0.3) is 0 Å². The summed E-state index contributed by atoms with van der Waals surface area (Å²) < 4.78 is 18.2. The quantitative estimate of drug-likeness (QED) is 0.862. The summed E-state index contributed by atoms with van der Waals surface area (Å²) in [6.07, 6.45) is 0.200. The number of ether oxygens (including phenoxy) is 1. The molecule has 2 atom stereocenters. The van der Waals surface area contributed by atoms with E-state index in [-0.39, 0.29) is 24.1 Å². The van der Waals surface area contributed by atoms with Crippen LogP contribution in [0, 0.1) is 11.2 Å². The highest BCUT2D eigenvalue weighted by Gasteiger charge is 2.43. The third-order valence-electron chi connectivity index (χ3n) is 3.41. The van der Waals surface area contributed by atoms with E-state index in [2.05, 4.69) is 0 Å². The van der Waals surface area contributed by atoms with E-state index in [9.17, 15) is 9.18 Å². The fraction of sp³-hybridized carbons (Fsp3) is 0.462. The molecule has 1 aliphatic rings. The van der Waals surface area contributed by atoms with Crippen LogP contribution in [-0.4, -0.2) is 25.0 Å². The fourth-order valence-corrected chi connectivity index (χ4v) is 2.01. The normalized spacial score (nSPS) is 28.3. The van der Waals surface area contributed by atoms with Crippen molar-refractivity contribution in [3.05, 3.63) is 35.6 Å². The molecule has 17 heavy (non-hydrogen) atoms. The monoisotopic (exact) mass is 237 g/mol. The number of rotatable bonds is 3. The summed E-state index contributed by atoms with van der Waals surface area (Å²) in [5.74, 6) is -0.319. The van der Waals surface area contributed by atoms with Crippen LogP contribution in [0.25, 0.3) is 0 Å². The number of carbonyl (C=O) groups is 1. The zero-order valence-corrected chi connectivity index (χ0v) is 9.78. The minimum atomic E-state index is -0.647. The molecule has 1 aliphatic heterocycles. The van der Waals surface area contributed by atoms with Gasteiger partial charge in [0, 0.05) is 12.5 Å². The molecular weight excluding hydrogens is 221 g/mol. The molecule has 0 spiro atoms. The van der Waals surface area contributed by atoms with Gasteiger partial charge in [0.05, 0.1) is 18.6 Å². The molecule has 1 aromatic carbocycles. The minimum absolute atomic E-state index is 0.00750. The van der Waals surface area contributed by atoms with Crippen molar-refractivity contribution in [1.82, 2.24) is 0 Å². The molecule has 2 rings (SSSR count). The van der Waals surface area contributed by atoms with E-state index >= 15 is 0 Å². The second-order valence-electron chi connectivity index (χ2n) is 4.77. The van der Waals surface area contributed by atoms with Crippen molar-refractivity contribution in [2.24, 2.45) is 11.1 Å². The van der Waals surface area contributed by atoms with Crippen molar-refractivity contribution in [2.45, 2.75) is 19.4 Å². The third-order valence-corrected chi connectivity index (χ3v) is 3.41. The van der Waals surface area contributed by atoms with E-state index in [0.29, 0.717) is 18.8 Å². The number of hydrogen-bond donors (Lipinski definition) is 1. The number of benzene rings is 1. The Morgan fingerprint density at radius 3 is 3.00 bits per heavy atom. The standard InChI is InChI=1S/C13H16FNO2/c1-13(8-17-7-11(13)15)12(16)6-9-3-2-4-10(14)5-9/h2-5,11H,6-8,15H2,1H3. The van der Waals surface area contributed by atoms with E-state index in [0.717, 1.165) is 0 Å². The largest absolute Gasteiger partial charge is 0.379 e. The molecule has 1 heterocycles. The predicted molar refractivity (Wildman–Crippen MR) is 62.0 cm³/mol. The van der Waals surface area contributed by atoms with Gasteiger partial charge in [0.2, 0.25) is 0 Å². The SMILES string of the molecule is CC1(C(=O)Cc2cccc(F)c2)COCC1N. The van der Waals surface area contributed by atoms with Gasteiger partial charge in [-0.3, -0.25) is 4.79 Å². The molecule has 0 aliphatic carbocycles. The van der Waals surface area contributed by atoms with Crippen molar-refractivity contribution in [3.8, 4) is 0 Å². The first kappa shape index (κ1) is 12.2. The fourth-order valence-electron chi connectivity index (χ4n) is 2.01. The van der Waals surface area contributed by atoms with Crippen LogP contribution >= 0.6 is 0 Å². The Labute approximate surface area is 99.8 Å². The average molecular weight is 237 g/mol. The first-order valence-corrected chi connectivity index (χ1v) is 5.63. The summed E-state index contributed by atoms with van der Waals surface area (Å²) in [5, 5.41) is 0. The Balaban J connectivity index is 2.12. The zero-order chi connectivity index (χ0) is 12.5. The number of hydrogen-bond acceptors (Lipinski definition) is 3. The van der Waals surface area contributed by atoms with Crippen LogP contribution < -0.4 is 5.73 Å². The molecule has 92 valence electrons. The van der Waals surface area contributed by atoms with Crippen LogP contribution in [0.4, 0.5) is 4.39 Å². The highest BCUT2D eigenvalue weighted by Crippen LogP contribution is 2.29. The lowest BCUT2D eigenvalue weighted by Crippen LogP contribution is -2.45. The van der Waals surface area contributed by atoms with Gasteiger partial charge in [-0.05, 0) is 24.6 Å². The summed E-state index contributed by atoms with van der Waals surface area (Å²) >= 11 is 0. The van der Waals surface area contributed by atoms with Gasteiger partial charge in [0.15, 0.2) is 0 Å². The van der Waals surface area contributed by atoms with Crippen LogP contribution in [0.2, 0.25) is 0 Å². The van der Waals surface area contributed by atoms with Crippen LogP contribution in [0.1, 0.15) is 12.5 Å². The molecule has 2 unspecified atom stereocenters. The van der Waals surface area contributed by atoms with Crippen LogP contribution in [0.3, 0.4) is 0 Å². The number of Topliss-reactive ketones (excluding diaryl/α,β-unsaturated/α-hetero) is 1. The number of carbonyl (C=O) groups excluding carboxylic acids is 1.